The second-order valence-corrected chi connectivity index (χ2v) is 5.29. The van der Waals surface area contributed by atoms with Gasteiger partial charge in [0.2, 0.25) is 0 Å². The SMILES string of the molecule is CC1=C(C)C(=NS(=O)(=O)C(F)(F)F)C=C(N=[N+]=[N-])C1=O. The highest BCUT2D eigenvalue weighted by Crippen LogP contribution is 2.27. The summed E-state index contributed by atoms with van der Waals surface area (Å²) >= 11 is 0. The Morgan fingerprint density at radius 3 is 2.25 bits per heavy atom. The molecule has 7 nitrogen and oxygen atoms in total. The van der Waals surface area contributed by atoms with Gasteiger partial charge in [0.1, 0.15) is 0 Å². The van der Waals surface area contributed by atoms with E-state index in [0.717, 1.165) is 0 Å². The van der Waals surface area contributed by atoms with Crippen LogP contribution >= 0.6 is 0 Å². The minimum Gasteiger partial charge on any atom is -0.289 e. The van der Waals surface area contributed by atoms with Gasteiger partial charge >= 0.3 is 15.5 Å². The molecule has 0 aromatic carbocycles. The topological polar surface area (TPSA) is 112 Å². The Labute approximate surface area is 111 Å². The van der Waals surface area contributed by atoms with Gasteiger partial charge in [-0.05, 0) is 31.0 Å². The number of hydrogen-bond donors (Lipinski definition) is 0. The first-order chi connectivity index (χ1) is 9.01. The van der Waals surface area contributed by atoms with Crippen molar-refractivity contribution in [2.75, 3.05) is 0 Å². The van der Waals surface area contributed by atoms with Crippen LogP contribution in [0.3, 0.4) is 0 Å². The van der Waals surface area contributed by atoms with Crippen LogP contribution in [0.15, 0.2) is 32.4 Å². The third kappa shape index (κ3) is 2.89. The number of hydrogen-bond acceptors (Lipinski definition) is 4. The Morgan fingerprint density at radius 1 is 1.25 bits per heavy atom. The maximum atomic E-state index is 12.3. The molecule has 1 aliphatic rings. The van der Waals surface area contributed by atoms with Gasteiger partial charge in [0.25, 0.3) is 0 Å². The summed E-state index contributed by atoms with van der Waals surface area (Å²) in [5.41, 5.74) is 1.49. The normalized spacial score (nSPS) is 18.9. The predicted octanol–water partition coefficient (Wildman–Crippen LogP) is 2.39. The van der Waals surface area contributed by atoms with E-state index >= 15 is 0 Å². The molecule has 20 heavy (non-hydrogen) atoms. The zero-order valence-electron chi connectivity index (χ0n) is 10.1. The van der Waals surface area contributed by atoms with E-state index in [1.165, 1.54) is 13.8 Å². The standard InChI is InChI=1S/C9H7F3N4O3S/c1-4-5(2)8(17)7(14-16-13)3-6(4)15-20(18,19)9(10,11)12/h3H,1-2H3. The fourth-order valence-electron chi connectivity index (χ4n) is 1.26. The van der Waals surface area contributed by atoms with Crippen molar-refractivity contribution in [3.05, 3.63) is 33.4 Å². The summed E-state index contributed by atoms with van der Waals surface area (Å²) in [5.74, 6) is -0.705. The van der Waals surface area contributed by atoms with Crippen LogP contribution in [0, 0.1) is 0 Å². The lowest BCUT2D eigenvalue weighted by Crippen LogP contribution is -2.24. The Hall–Kier alpha value is -2.13. The summed E-state index contributed by atoms with van der Waals surface area (Å²) in [5, 5.41) is 2.99. The number of azide groups is 1. The summed E-state index contributed by atoms with van der Waals surface area (Å²) in [6.45, 7) is 2.49. The quantitative estimate of drug-likeness (QED) is 0.338. The Morgan fingerprint density at radius 2 is 1.80 bits per heavy atom. The molecule has 0 spiro atoms. The number of halogens is 3. The van der Waals surface area contributed by atoms with Gasteiger partial charge in [-0.2, -0.15) is 26.0 Å². The second-order valence-electron chi connectivity index (χ2n) is 3.70. The molecule has 0 aliphatic heterocycles. The van der Waals surface area contributed by atoms with Crippen LogP contribution in [0.1, 0.15) is 13.8 Å². The number of nitrogens with zero attached hydrogens (tertiary/aromatic N) is 4. The molecule has 0 saturated heterocycles. The molecule has 1 rings (SSSR count). The molecule has 0 unspecified atom stereocenters. The smallest absolute Gasteiger partial charge is 0.289 e. The second kappa shape index (κ2) is 5.10. The summed E-state index contributed by atoms with van der Waals surface area (Å²) < 4.78 is 61.3. The molecule has 0 fully saturated rings. The number of ketones is 1. The first-order valence-corrected chi connectivity index (χ1v) is 6.36. The zero-order valence-corrected chi connectivity index (χ0v) is 10.9. The molecule has 108 valence electrons. The molecule has 0 aromatic rings. The highest BCUT2D eigenvalue weighted by molar-refractivity contribution is 7.91. The Kier molecular flexibility index (Phi) is 4.06. The van der Waals surface area contributed by atoms with Gasteiger partial charge in [0.05, 0.1) is 11.4 Å². The molecule has 0 bridgehead atoms. The lowest BCUT2D eigenvalue weighted by atomic mass is 9.95. The highest BCUT2D eigenvalue weighted by atomic mass is 32.2. The minimum atomic E-state index is -5.75. The maximum Gasteiger partial charge on any atom is 0.518 e. The largest absolute Gasteiger partial charge is 0.518 e. The fourth-order valence-corrected chi connectivity index (χ4v) is 1.81. The average molecular weight is 308 g/mol. The molecular formula is C9H7F3N4O3S. The molecule has 0 atom stereocenters. The molecule has 0 radical (unpaired) electrons. The summed E-state index contributed by atoms with van der Waals surface area (Å²) in [4.78, 5) is 14.0. The first kappa shape index (κ1) is 15.9. The molecule has 0 N–H and O–H groups in total. The predicted molar refractivity (Wildman–Crippen MR) is 63.0 cm³/mol. The van der Waals surface area contributed by atoms with Gasteiger partial charge in [0.15, 0.2) is 5.78 Å². The minimum absolute atomic E-state index is 0.0419. The lowest BCUT2D eigenvalue weighted by Gasteiger charge is -2.14. The summed E-state index contributed by atoms with van der Waals surface area (Å²) in [7, 11) is -5.75. The molecule has 0 heterocycles. The number of alkyl halides is 3. The van der Waals surface area contributed by atoms with Crippen molar-refractivity contribution in [3.63, 3.8) is 0 Å². The van der Waals surface area contributed by atoms with Crippen LogP contribution in [-0.4, -0.2) is 25.4 Å². The van der Waals surface area contributed by atoms with E-state index in [2.05, 4.69) is 14.4 Å². The monoisotopic (exact) mass is 308 g/mol. The van der Waals surface area contributed by atoms with E-state index < -0.39 is 32.7 Å². The third-order valence-electron chi connectivity index (χ3n) is 2.46. The van der Waals surface area contributed by atoms with Crippen molar-refractivity contribution in [2.45, 2.75) is 19.4 Å². The van der Waals surface area contributed by atoms with Gasteiger partial charge in [-0.1, -0.05) is 5.11 Å². The highest BCUT2D eigenvalue weighted by Gasteiger charge is 2.46. The van der Waals surface area contributed by atoms with Crippen LogP contribution in [0.5, 0.6) is 0 Å². The van der Waals surface area contributed by atoms with Crippen molar-refractivity contribution in [1.29, 1.82) is 0 Å². The molecule has 11 heteroatoms. The number of Topliss-reactive ketones (excluding diaryl/α,β-unsaturated/α-hetero) is 1. The van der Waals surface area contributed by atoms with Gasteiger partial charge in [-0.25, -0.2) is 0 Å². The van der Waals surface area contributed by atoms with Crippen molar-refractivity contribution in [3.8, 4) is 0 Å². The number of sulfonamides is 1. The van der Waals surface area contributed by atoms with Gasteiger partial charge in [-0.15, -0.1) is 0 Å². The third-order valence-corrected chi connectivity index (χ3v) is 3.48. The number of carbonyl (C=O) groups is 1. The molecular weight excluding hydrogens is 301 g/mol. The van der Waals surface area contributed by atoms with E-state index in [1.807, 2.05) is 0 Å². The number of carbonyl (C=O) groups excluding carboxylic acids is 1. The van der Waals surface area contributed by atoms with E-state index in [0.29, 0.717) is 6.08 Å². The number of allylic oxidation sites excluding steroid dienone is 3. The Bertz CT molecular complexity index is 709. The van der Waals surface area contributed by atoms with E-state index in [-0.39, 0.29) is 11.1 Å². The van der Waals surface area contributed by atoms with Gasteiger partial charge in [0, 0.05) is 10.5 Å². The zero-order chi connectivity index (χ0) is 15.7. The average Bonchev–Trinajstić information content (AvgIpc) is 2.31. The van der Waals surface area contributed by atoms with Crippen LogP contribution in [-0.2, 0) is 14.8 Å². The van der Waals surface area contributed by atoms with Gasteiger partial charge in [-0.3, -0.25) is 4.79 Å². The lowest BCUT2D eigenvalue weighted by molar-refractivity contribution is -0.112. The van der Waals surface area contributed by atoms with Crippen LogP contribution in [0.25, 0.3) is 10.4 Å². The molecule has 0 saturated carbocycles. The van der Waals surface area contributed by atoms with Crippen LogP contribution in [0.2, 0.25) is 0 Å². The van der Waals surface area contributed by atoms with Crippen molar-refractivity contribution < 1.29 is 26.4 Å². The molecule has 1 aliphatic carbocycles. The first-order valence-electron chi connectivity index (χ1n) is 4.92. The summed E-state index contributed by atoms with van der Waals surface area (Å²) in [6, 6.07) is 0. The van der Waals surface area contributed by atoms with Crippen LogP contribution < -0.4 is 0 Å². The number of rotatable bonds is 2. The van der Waals surface area contributed by atoms with Crippen LogP contribution in [0.4, 0.5) is 13.2 Å². The fraction of sp³-hybridized carbons (Fsp3) is 0.333. The maximum absolute atomic E-state index is 12.3. The van der Waals surface area contributed by atoms with Crippen molar-refractivity contribution >= 4 is 21.5 Å². The summed E-state index contributed by atoms with van der Waals surface area (Å²) in [6.07, 6.45) is 0.702. The van der Waals surface area contributed by atoms with Crippen molar-refractivity contribution in [1.82, 2.24) is 0 Å². The van der Waals surface area contributed by atoms with Gasteiger partial charge < -0.3 is 0 Å². The van der Waals surface area contributed by atoms with E-state index in [9.17, 15) is 26.4 Å². The molecule has 0 amide bonds. The molecule has 0 aromatic heterocycles. The van der Waals surface area contributed by atoms with Crippen molar-refractivity contribution in [2.24, 2.45) is 9.51 Å². The van der Waals surface area contributed by atoms with E-state index in [4.69, 9.17) is 5.53 Å². The van der Waals surface area contributed by atoms with E-state index in [1.54, 1.807) is 0 Å². The Balaban J connectivity index is 3.52.